The van der Waals surface area contributed by atoms with Crippen molar-refractivity contribution in [3.8, 4) is 11.1 Å². The second-order valence-electron chi connectivity index (χ2n) is 6.31. The lowest BCUT2D eigenvalue weighted by Crippen LogP contribution is -2.01. The molecule has 0 fully saturated rings. The summed E-state index contributed by atoms with van der Waals surface area (Å²) in [6.45, 7) is 13.6. The third-order valence-electron chi connectivity index (χ3n) is 4.78. The van der Waals surface area contributed by atoms with E-state index >= 15 is 0 Å². The van der Waals surface area contributed by atoms with E-state index in [1.165, 1.54) is 44.5 Å². The van der Waals surface area contributed by atoms with Crippen LogP contribution < -0.4 is 0 Å². The van der Waals surface area contributed by atoms with E-state index in [0.29, 0.717) is 0 Å². The predicted octanol–water partition coefficient (Wildman–Crippen LogP) is 6.22. The highest BCUT2D eigenvalue weighted by molar-refractivity contribution is 5.77. The van der Waals surface area contributed by atoms with Crippen molar-refractivity contribution in [1.82, 2.24) is 0 Å². The molecule has 2 aromatic carbocycles. The van der Waals surface area contributed by atoms with Gasteiger partial charge < -0.3 is 0 Å². The van der Waals surface area contributed by atoms with Crippen molar-refractivity contribution >= 4 is 0 Å². The van der Waals surface area contributed by atoms with Crippen LogP contribution in [0.25, 0.3) is 11.1 Å². The maximum atomic E-state index is 2.41. The van der Waals surface area contributed by atoms with E-state index < -0.39 is 0 Å². The first kappa shape index (κ1) is 16.8. The van der Waals surface area contributed by atoms with E-state index in [1.807, 2.05) is 0 Å². The van der Waals surface area contributed by atoms with Gasteiger partial charge >= 0.3 is 0 Å². The summed E-state index contributed by atoms with van der Waals surface area (Å²) in [5.74, 6) is 0. The molecule has 118 valence electrons. The van der Waals surface area contributed by atoms with Crippen molar-refractivity contribution in [2.24, 2.45) is 0 Å². The summed E-state index contributed by atoms with van der Waals surface area (Å²) in [6, 6.07) is 9.58. The Morgan fingerprint density at radius 3 is 1.18 bits per heavy atom. The van der Waals surface area contributed by atoms with Gasteiger partial charge in [0, 0.05) is 0 Å². The third kappa shape index (κ3) is 3.11. The highest BCUT2D eigenvalue weighted by Gasteiger charge is 2.15. The Morgan fingerprint density at radius 1 is 0.545 bits per heavy atom. The van der Waals surface area contributed by atoms with Gasteiger partial charge in [0.1, 0.15) is 0 Å². The lowest BCUT2D eigenvalue weighted by Gasteiger charge is -2.20. The molecule has 22 heavy (non-hydrogen) atoms. The van der Waals surface area contributed by atoms with Crippen molar-refractivity contribution < 1.29 is 0 Å². The summed E-state index contributed by atoms with van der Waals surface area (Å²) in [7, 11) is 0. The van der Waals surface area contributed by atoms with Gasteiger partial charge in [0.15, 0.2) is 0 Å². The van der Waals surface area contributed by atoms with Gasteiger partial charge in [0.2, 0.25) is 0 Å². The largest absolute Gasteiger partial charge is 0.0613 e. The minimum atomic E-state index is 1.10. The molecule has 0 aromatic heterocycles. The number of hydrogen-bond acceptors (Lipinski definition) is 0. The van der Waals surface area contributed by atoms with Crippen LogP contribution in [0.1, 0.15) is 61.1 Å². The maximum absolute atomic E-state index is 2.41. The Labute approximate surface area is 136 Å². The van der Waals surface area contributed by atoms with Gasteiger partial charge in [-0.15, -0.1) is 0 Å². The van der Waals surface area contributed by atoms with E-state index in [9.17, 15) is 0 Å². The van der Waals surface area contributed by atoms with Crippen molar-refractivity contribution in [3.05, 3.63) is 57.6 Å². The minimum Gasteiger partial charge on any atom is -0.0613 e. The molecule has 0 atom stereocenters. The van der Waals surface area contributed by atoms with Crippen molar-refractivity contribution in [2.45, 2.75) is 67.2 Å². The Hall–Kier alpha value is -1.56. The van der Waals surface area contributed by atoms with Crippen molar-refractivity contribution in [1.29, 1.82) is 0 Å². The normalized spacial score (nSPS) is 11.0. The fraction of sp³-hybridized carbons (Fsp3) is 0.455. The summed E-state index contributed by atoms with van der Waals surface area (Å²) < 4.78 is 0. The molecule has 0 aliphatic rings. The van der Waals surface area contributed by atoms with Crippen LogP contribution in [0.5, 0.6) is 0 Å². The molecule has 0 unspecified atom stereocenters. The maximum Gasteiger partial charge on any atom is -0.0117 e. The van der Waals surface area contributed by atoms with Crippen LogP contribution in [-0.2, 0) is 25.7 Å². The lowest BCUT2D eigenvalue weighted by molar-refractivity contribution is 1.06. The molecule has 0 aliphatic heterocycles. The highest BCUT2D eigenvalue weighted by Crippen LogP contribution is 2.35. The molecule has 0 bridgehead atoms. The number of aryl methyl sites for hydroxylation is 6. The molecule has 2 aromatic rings. The Morgan fingerprint density at radius 2 is 0.909 bits per heavy atom. The molecule has 0 radical (unpaired) electrons. The Kier molecular flexibility index (Phi) is 5.45. The summed E-state index contributed by atoms with van der Waals surface area (Å²) in [5, 5.41) is 0. The van der Waals surface area contributed by atoms with Gasteiger partial charge in [-0.2, -0.15) is 0 Å². The monoisotopic (exact) mass is 294 g/mol. The molecule has 0 heteroatoms. The average Bonchev–Trinajstić information content (AvgIpc) is 2.53. The number of benzene rings is 2. The van der Waals surface area contributed by atoms with Gasteiger partial charge in [0.05, 0.1) is 0 Å². The van der Waals surface area contributed by atoms with Gasteiger partial charge in [0.25, 0.3) is 0 Å². The van der Waals surface area contributed by atoms with E-state index in [4.69, 9.17) is 0 Å². The molecular weight excluding hydrogens is 264 g/mol. The molecule has 0 amide bonds. The van der Waals surface area contributed by atoms with Crippen LogP contribution in [0.2, 0.25) is 0 Å². The lowest BCUT2D eigenvalue weighted by atomic mass is 9.84. The molecule has 0 saturated heterocycles. The minimum absolute atomic E-state index is 1.10. The van der Waals surface area contributed by atoms with Crippen LogP contribution in [0, 0.1) is 13.8 Å². The summed E-state index contributed by atoms with van der Waals surface area (Å²) in [6.07, 6.45) is 4.43. The van der Waals surface area contributed by atoms with E-state index in [-0.39, 0.29) is 0 Å². The van der Waals surface area contributed by atoms with Gasteiger partial charge in [-0.3, -0.25) is 0 Å². The number of hydrogen-bond donors (Lipinski definition) is 0. The fourth-order valence-corrected chi connectivity index (χ4v) is 3.56. The fourth-order valence-electron chi connectivity index (χ4n) is 3.56. The van der Waals surface area contributed by atoms with Gasteiger partial charge in [-0.1, -0.05) is 52.0 Å². The van der Waals surface area contributed by atoms with E-state index in [2.05, 4.69) is 65.8 Å². The SMILES string of the molecule is CCc1cc(C)c(-c2c(C)cc(CC)cc2CC)c(CC)c1. The quantitative estimate of drug-likeness (QED) is 0.614. The van der Waals surface area contributed by atoms with Gasteiger partial charge in [-0.25, -0.2) is 0 Å². The highest BCUT2D eigenvalue weighted by atomic mass is 14.2. The molecule has 0 aliphatic carbocycles. The zero-order valence-electron chi connectivity index (χ0n) is 15.1. The smallest absolute Gasteiger partial charge is 0.0117 e. The van der Waals surface area contributed by atoms with Crippen molar-refractivity contribution in [2.75, 3.05) is 0 Å². The first-order chi connectivity index (χ1) is 10.5. The molecule has 0 spiro atoms. The first-order valence-corrected chi connectivity index (χ1v) is 8.80. The van der Waals surface area contributed by atoms with Crippen LogP contribution in [-0.4, -0.2) is 0 Å². The predicted molar refractivity (Wildman–Crippen MR) is 98.9 cm³/mol. The Balaban J connectivity index is 2.76. The number of rotatable bonds is 5. The average molecular weight is 294 g/mol. The van der Waals surface area contributed by atoms with Crippen molar-refractivity contribution in [3.63, 3.8) is 0 Å². The van der Waals surface area contributed by atoms with E-state index in [0.717, 1.165) is 25.7 Å². The van der Waals surface area contributed by atoms with E-state index in [1.54, 1.807) is 0 Å². The zero-order valence-corrected chi connectivity index (χ0v) is 15.1. The molecule has 0 nitrogen and oxygen atoms in total. The standard InChI is InChI=1S/C22H30/c1-7-17-11-15(5)21(19(9-3)13-17)22-16(6)12-18(8-2)14-20(22)10-4/h11-14H,7-10H2,1-6H3. The first-order valence-electron chi connectivity index (χ1n) is 8.80. The van der Waals surface area contributed by atoms with Crippen LogP contribution in [0.15, 0.2) is 24.3 Å². The molecule has 0 N–H and O–H groups in total. The van der Waals surface area contributed by atoms with Crippen LogP contribution in [0.4, 0.5) is 0 Å². The zero-order chi connectivity index (χ0) is 16.3. The summed E-state index contributed by atoms with van der Waals surface area (Å²) in [4.78, 5) is 0. The molecule has 0 heterocycles. The topological polar surface area (TPSA) is 0 Å². The van der Waals surface area contributed by atoms with Crippen LogP contribution >= 0.6 is 0 Å². The second kappa shape index (κ2) is 7.13. The summed E-state index contributed by atoms with van der Waals surface area (Å²) >= 11 is 0. The third-order valence-corrected chi connectivity index (χ3v) is 4.78. The second-order valence-corrected chi connectivity index (χ2v) is 6.31. The Bertz CT molecular complexity index is 603. The molecule has 2 rings (SSSR count). The molecular formula is C22H30. The summed E-state index contributed by atoms with van der Waals surface area (Å²) in [5.41, 5.74) is 11.7. The molecule has 0 saturated carbocycles. The van der Waals surface area contributed by atoms with Gasteiger partial charge in [-0.05, 0) is 84.0 Å². The van der Waals surface area contributed by atoms with Crippen LogP contribution in [0.3, 0.4) is 0 Å².